The van der Waals surface area contributed by atoms with Crippen molar-refractivity contribution in [1.82, 2.24) is 20.0 Å². The van der Waals surface area contributed by atoms with Crippen molar-refractivity contribution in [3.05, 3.63) is 76.6 Å². The van der Waals surface area contributed by atoms with E-state index in [4.69, 9.17) is 33.2 Å². The molecule has 0 bridgehead atoms. The molecule has 13 heteroatoms. The van der Waals surface area contributed by atoms with Gasteiger partial charge in [0, 0.05) is 23.4 Å². The number of amides is 2. The van der Waals surface area contributed by atoms with Gasteiger partial charge in [0.2, 0.25) is 0 Å². The number of carbonyl (C=O) groups excluding carboxylic acids is 2. The van der Waals surface area contributed by atoms with Crippen LogP contribution in [0.25, 0.3) is 11.1 Å². The van der Waals surface area contributed by atoms with Crippen molar-refractivity contribution >= 4 is 41.7 Å². The molecule has 0 spiro atoms. The Balaban J connectivity index is 1.42. The SMILES string of the molecule is CC(C)NC(=O)OCC(c1ccc(Cl)c(C(N)=NC=N)c1)N1C(=O)C(c2ccc(-c3cnn(C4CC4)c3)cc2)N=C1N. The normalized spacial score (nSPS) is 17.8. The molecule has 2 aliphatic rings. The number of rotatable bonds is 10. The van der Waals surface area contributed by atoms with E-state index in [0.717, 1.165) is 30.3 Å². The van der Waals surface area contributed by atoms with Crippen molar-refractivity contribution in [2.75, 3.05) is 6.61 Å². The van der Waals surface area contributed by atoms with Crippen molar-refractivity contribution in [3.63, 3.8) is 0 Å². The Morgan fingerprint density at radius 3 is 2.64 bits per heavy atom. The lowest BCUT2D eigenvalue weighted by Gasteiger charge is -2.28. The molecule has 2 aromatic carbocycles. The molecule has 42 heavy (non-hydrogen) atoms. The van der Waals surface area contributed by atoms with E-state index in [0.29, 0.717) is 27.8 Å². The van der Waals surface area contributed by atoms with Gasteiger partial charge in [0.15, 0.2) is 12.0 Å². The monoisotopic (exact) mass is 589 g/mol. The summed E-state index contributed by atoms with van der Waals surface area (Å²) >= 11 is 6.35. The van der Waals surface area contributed by atoms with Gasteiger partial charge in [-0.2, -0.15) is 5.10 Å². The van der Waals surface area contributed by atoms with Crippen LogP contribution in [-0.4, -0.2) is 57.5 Å². The summed E-state index contributed by atoms with van der Waals surface area (Å²) in [5.41, 5.74) is 15.9. The molecule has 12 nitrogen and oxygen atoms in total. The quantitative estimate of drug-likeness (QED) is 0.206. The maximum Gasteiger partial charge on any atom is 0.407 e. The van der Waals surface area contributed by atoms with E-state index in [1.165, 1.54) is 4.90 Å². The molecule has 218 valence electrons. The Kier molecular flexibility index (Phi) is 8.25. The molecule has 2 amide bonds. The molecule has 6 N–H and O–H groups in total. The smallest absolute Gasteiger partial charge is 0.407 e. The number of ether oxygens (including phenoxy) is 1. The van der Waals surface area contributed by atoms with Crippen LogP contribution >= 0.6 is 11.6 Å². The number of aliphatic imine (C=N–C) groups is 2. The average Bonchev–Trinajstić information content (AvgIpc) is 3.61. The number of hydrogen-bond donors (Lipinski definition) is 4. The Labute approximate surface area is 247 Å². The summed E-state index contributed by atoms with van der Waals surface area (Å²) in [4.78, 5) is 35.8. The van der Waals surface area contributed by atoms with E-state index >= 15 is 0 Å². The number of alkyl carbamates (subject to hydrolysis) is 1. The molecule has 2 atom stereocenters. The summed E-state index contributed by atoms with van der Waals surface area (Å²) in [6, 6.07) is 11.1. The van der Waals surface area contributed by atoms with Crippen LogP contribution < -0.4 is 16.8 Å². The standard InChI is InChI=1S/C29H32ClN9O3/c1-16(2)36-29(41)42-14-24(19-7-10-23(30)22(11-19)26(32)34-15-31)39-27(40)25(37-28(39)33)18-5-3-17(4-6-18)20-12-35-38(13-20)21-8-9-21/h3-7,10-13,15-16,21,24-25H,8-9,14H2,1-2H3,(H2,33,37)(H,36,41)(H3,31,32,34). The van der Waals surface area contributed by atoms with E-state index in [-0.39, 0.29) is 30.4 Å². The highest BCUT2D eigenvalue weighted by Crippen LogP contribution is 2.36. The molecule has 1 aliphatic heterocycles. The molecule has 0 saturated heterocycles. The van der Waals surface area contributed by atoms with Gasteiger partial charge < -0.3 is 21.5 Å². The van der Waals surface area contributed by atoms with E-state index in [1.54, 1.807) is 32.0 Å². The van der Waals surface area contributed by atoms with Gasteiger partial charge >= 0.3 is 6.09 Å². The van der Waals surface area contributed by atoms with Gasteiger partial charge in [-0.3, -0.25) is 19.8 Å². The Morgan fingerprint density at radius 2 is 1.98 bits per heavy atom. The zero-order valence-corrected chi connectivity index (χ0v) is 24.0. The van der Waals surface area contributed by atoms with Crippen LogP contribution in [0, 0.1) is 5.41 Å². The summed E-state index contributed by atoms with van der Waals surface area (Å²) in [5.74, 6) is -0.378. The first-order chi connectivity index (χ1) is 20.2. The van der Waals surface area contributed by atoms with E-state index in [2.05, 4.69) is 20.4 Å². The lowest BCUT2D eigenvalue weighted by Crippen LogP contribution is -2.43. The summed E-state index contributed by atoms with van der Waals surface area (Å²) in [6.45, 7) is 3.39. The van der Waals surface area contributed by atoms with Crippen LogP contribution in [0.5, 0.6) is 0 Å². The second kappa shape index (κ2) is 12.0. The van der Waals surface area contributed by atoms with E-state index < -0.39 is 18.2 Å². The van der Waals surface area contributed by atoms with Crippen molar-refractivity contribution < 1.29 is 14.3 Å². The van der Waals surface area contributed by atoms with Gasteiger partial charge in [-0.25, -0.2) is 14.8 Å². The number of nitrogens with one attached hydrogen (secondary N) is 2. The number of amidine groups is 1. The summed E-state index contributed by atoms with van der Waals surface area (Å²) in [5, 5.41) is 14.7. The van der Waals surface area contributed by atoms with Crippen LogP contribution in [0.2, 0.25) is 5.02 Å². The number of aromatic nitrogens is 2. The Bertz CT molecular complexity index is 1560. The highest BCUT2D eigenvalue weighted by molar-refractivity contribution is 6.34. The molecule has 2 heterocycles. The first-order valence-electron chi connectivity index (χ1n) is 13.5. The molecular weight excluding hydrogens is 558 g/mol. The third-order valence-electron chi connectivity index (χ3n) is 7.01. The largest absolute Gasteiger partial charge is 0.447 e. The minimum Gasteiger partial charge on any atom is -0.447 e. The maximum atomic E-state index is 13.8. The lowest BCUT2D eigenvalue weighted by molar-refractivity contribution is -0.129. The number of halogens is 1. The number of hydrogen-bond acceptors (Lipinski definition) is 7. The van der Waals surface area contributed by atoms with Crippen molar-refractivity contribution in [1.29, 1.82) is 5.41 Å². The molecule has 0 radical (unpaired) electrons. The predicted molar refractivity (Wildman–Crippen MR) is 160 cm³/mol. The van der Waals surface area contributed by atoms with Gasteiger partial charge in [0.1, 0.15) is 18.8 Å². The fourth-order valence-corrected chi connectivity index (χ4v) is 4.96. The number of carbonyl (C=O) groups is 2. The summed E-state index contributed by atoms with van der Waals surface area (Å²) < 4.78 is 7.48. The zero-order chi connectivity index (χ0) is 30.0. The molecule has 1 saturated carbocycles. The molecule has 1 fully saturated rings. The maximum absolute atomic E-state index is 13.8. The van der Waals surface area contributed by atoms with Crippen LogP contribution in [0.1, 0.15) is 61.5 Å². The second-order valence-corrected chi connectivity index (χ2v) is 10.9. The van der Waals surface area contributed by atoms with Crippen LogP contribution in [-0.2, 0) is 9.53 Å². The topological polar surface area (TPSA) is 177 Å². The van der Waals surface area contributed by atoms with Crippen molar-refractivity contribution in [2.24, 2.45) is 21.5 Å². The molecule has 5 rings (SSSR count). The number of benzene rings is 2. The zero-order valence-electron chi connectivity index (χ0n) is 23.2. The van der Waals surface area contributed by atoms with Crippen molar-refractivity contribution in [2.45, 2.75) is 50.9 Å². The average molecular weight is 590 g/mol. The number of nitrogens with two attached hydrogens (primary N) is 2. The Morgan fingerprint density at radius 1 is 1.24 bits per heavy atom. The fraction of sp³-hybridized carbons (Fsp3) is 0.310. The van der Waals surface area contributed by atoms with Gasteiger partial charge in [0.25, 0.3) is 5.91 Å². The minimum atomic E-state index is -0.878. The number of nitrogens with zero attached hydrogens (tertiary/aromatic N) is 5. The van der Waals surface area contributed by atoms with Crippen LogP contribution in [0.15, 0.2) is 64.8 Å². The summed E-state index contributed by atoms with van der Waals surface area (Å²) in [7, 11) is 0. The van der Waals surface area contributed by atoms with Crippen LogP contribution in [0.3, 0.4) is 0 Å². The van der Waals surface area contributed by atoms with Gasteiger partial charge in [-0.1, -0.05) is 41.9 Å². The third-order valence-corrected chi connectivity index (χ3v) is 7.34. The highest BCUT2D eigenvalue weighted by Gasteiger charge is 2.40. The lowest BCUT2D eigenvalue weighted by atomic mass is 10.00. The molecular formula is C29H32ClN9O3. The van der Waals surface area contributed by atoms with Gasteiger partial charge in [-0.15, -0.1) is 0 Å². The first-order valence-corrected chi connectivity index (χ1v) is 13.9. The van der Waals surface area contributed by atoms with E-state index in [1.807, 2.05) is 41.3 Å². The van der Waals surface area contributed by atoms with Crippen LogP contribution in [0.4, 0.5) is 4.79 Å². The minimum absolute atomic E-state index is 0.0177. The fourth-order valence-electron chi connectivity index (χ4n) is 4.75. The molecule has 2 unspecified atom stereocenters. The van der Waals surface area contributed by atoms with E-state index in [9.17, 15) is 9.59 Å². The predicted octanol–water partition coefficient (Wildman–Crippen LogP) is 3.92. The Hall–Kier alpha value is -4.71. The number of guanidine groups is 1. The van der Waals surface area contributed by atoms with Gasteiger partial charge in [0.05, 0.1) is 23.3 Å². The molecule has 1 aliphatic carbocycles. The molecule has 3 aromatic rings. The molecule has 1 aromatic heterocycles. The van der Waals surface area contributed by atoms with Gasteiger partial charge in [-0.05, 0) is 55.5 Å². The first kappa shape index (κ1) is 28.8. The van der Waals surface area contributed by atoms with Crippen molar-refractivity contribution in [3.8, 4) is 11.1 Å². The highest BCUT2D eigenvalue weighted by atomic mass is 35.5. The second-order valence-electron chi connectivity index (χ2n) is 10.5. The third kappa shape index (κ3) is 6.13. The summed E-state index contributed by atoms with van der Waals surface area (Å²) in [6.07, 6.45) is 6.33.